The summed E-state index contributed by atoms with van der Waals surface area (Å²) >= 11 is 1.36. The highest BCUT2D eigenvalue weighted by atomic mass is 32.1. The van der Waals surface area contributed by atoms with Crippen LogP contribution in [-0.4, -0.2) is 11.0 Å². The molecule has 0 atom stereocenters. The Morgan fingerprint density at radius 3 is 2.60 bits per heavy atom. The number of nitrogens with zero attached hydrogens (tertiary/aromatic N) is 1. The van der Waals surface area contributed by atoms with Gasteiger partial charge in [0, 0.05) is 6.08 Å². The molecule has 98 valence electrons. The Kier molecular flexibility index (Phi) is 3.56. The summed E-state index contributed by atoms with van der Waals surface area (Å²) < 4.78 is 6.20. The molecule has 0 radical (unpaired) electrons. The van der Waals surface area contributed by atoms with Crippen molar-refractivity contribution in [2.45, 2.75) is 0 Å². The third-order valence-corrected chi connectivity index (χ3v) is 3.59. The second kappa shape index (κ2) is 5.67. The predicted octanol–water partition coefficient (Wildman–Crippen LogP) is 3.92. The zero-order valence-corrected chi connectivity index (χ0v) is 11.3. The van der Waals surface area contributed by atoms with E-state index < -0.39 is 5.97 Å². The predicted molar refractivity (Wildman–Crippen MR) is 80.7 cm³/mol. The highest BCUT2D eigenvalue weighted by Gasteiger charge is 2.07. The average molecular weight is 281 g/mol. The fraction of sp³-hybridized carbons (Fsp3) is 0. The van der Waals surface area contributed by atoms with Crippen molar-refractivity contribution in [2.75, 3.05) is 0 Å². The SMILES string of the molecule is O=C(/C=C/c1ccccc1)Oc1nc2ccccc2s1. The van der Waals surface area contributed by atoms with E-state index in [0.29, 0.717) is 5.19 Å². The van der Waals surface area contributed by atoms with Gasteiger partial charge < -0.3 is 4.74 Å². The summed E-state index contributed by atoms with van der Waals surface area (Å²) in [6.45, 7) is 0. The molecular formula is C16H11NO2S. The van der Waals surface area contributed by atoms with Crippen LogP contribution in [-0.2, 0) is 4.79 Å². The lowest BCUT2D eigenvalue weighted by Gasteiger charge is -1.94. The molecule has 0 saturated carbocycles. The van der Waals surface area contributed by atoms with Crippen molar-refractivity contribution in [2.24, 2.45) is 0 Å². The molecule has 20 heavy (non-hydrogen) atoms. The maximum Gasteiger partial charge on any atom is 0.338 e. The number of ether oxygens (including phenoxy) is 1. The third kappa shape index (κ3) is 2.92. The van der Waals surface area contributed by atoms with Gasteiger partial charge in [-0.25, -0.2) is 9.78 Å². The number of benzene rings is 2. The number of hydrogen-bond acceptors (Lipinski definition) is 4. The van der Waals surface area contributed by atoms with Crippen LogP contribution in [0.1, 0.15) is 5.56 Å². The number of fused-ring (bicyclic) bond motifs is 1. The van der Waals surface area contributed by atoms with Crippen LogP contribution in [0, 0.1) is 0 Å². The first-order valence-corrected chi connectivity index (χ1v) is 6.93. The number of para-hydroxylation sites is 1. The minimum absolute atomic E-state index is 0.369. The van der Waals surface area contributed by atoms with E-state index in [9.17, 15) is 4.79 Å². The van der Waals surface area contributed by atoms with Gasteiger partial charge in [-0.3, -0.25) is 0 Å². The van der Waals surface area contributed by atoms with E-state index in [2.05, 4.69) is 4.98 Å². The van der Waals surface area contributed by atoms with Crippen molar-refractivity contribution >= 4 is 33.6 Å². The fourth-order valence-electron chi connectivity index (χ4n) is 1.74. The molecule has 0 bridgehead atoms. The van der Waals surface area contributed by atoms with Crippen molar-refractivity contribution in [3.05, 3.63) is 66.2 Å². The van der Waals surface area contributed by atoms with Gasteiger partial charge in [-0.1, -0.05) is 53.8 Å². The molecule has 0 aliphatic carbocycles. The van der Waals surface area contributed by atoms with Crippen LogP contribution >= 0.6 is 11.3 Å². The van der Waals surface area contributed by atoms with Gasteiger partial charge in [-0.15, -0.1) is 0 Å². The molecule has 0 aliphatic rings. The topological polar surface area (TPSA) is 39.2 Å². The number of carbonyl (C=O) groups is 1. The second-order valence-electron chi connectivity index (χ2n) is 4.11. The van der Waals surface area contributed by atoms with Crippen molar-refractivity contribution in [3.63, 3.8) is 0 Å². The molecular weight excluding hydrogens is 270 g/mol. The summed E-state index contributed by atoms with van der Waals surface area (Å²) in [5, 5.41) is 0.369. The smallest absolute Gasteiger partial charge is 0.338 e. The van der Waals surface area contributed by atoms with Crippen LogP contribution in [0.15, 0.2) is 60.7 Å². The van der Waals surface area contributed by atoms with E-state index in [1.807, 2.05) is 54.6 Å². The van der Waals surface area contributed by atoms with Crippen LogP contribution in [0.5, 0.6) is 5.19 Å². The fourth-order valence-corrected chi connectivity index (χ4v) is 2.56. The van der Waals surface area contributed by atoms with E-state index in [1.165, 1.54) is 17.4 Å². The van der Waals surface area contributed by atoms with Gasteiger partial charge in [0.15, 0.2) is 0 Å². The normalized spacial score (nSPS) is 11.0. The number of thiazole rings is 1. The van der Waals surface area contributed by atoms with Crippen molar-refractivity contribution < 1.29 is 9.53 Å². The molecule has 0 aliphatic heterocycles. The first-order chi connectivity index (χ1) is 9.81. The molecule has 0 saturated heterocycles. The molecule has 3 aromatic rings. The molecule has 0 N–H and O–H groups in total. The molecule has 1 heterocycles. The molecule has 0 fully saturated rings. The van der Waals surface area contributed by atoms with Gasteiger partial charge in [0.05, 0.1) is 10.2 Å². The quantitative estimate of drug-likeness (QED) is 0.539. The van der Waals surface area contributed by atoms with Gasteiger partial charge in [0.1, 0.15) is 0 Å². The Balaban J connectivity index is 1.71. The van der Waals surface area contributed by atoms with Crippen molar-refractivity contribution in [1.82, 2.24) is 4.98 Å². The number of rotatable bonds is 3. The minimum atomic E-state index is -0.423. The lowest BCUT2D eigenvalue weighted by atomic mass is 10.2. The largest absolute Gasteiger partial charge is 0.395 e. The first kappa shape index (κ1) is 12.6. The maximum atomic E-state index is 11.7. The number of hydrogen-bond donors (Lipinski definition) is 0. The highest BCUT2D eigenvalue weighted by Crippen LogP contribution is 2.27. The lowest BCUT2D eigenvalue weighted by Crippen LogP contribution is -2.02. The van der Waals surface area contributed by atoms with Gasteiger partial charge in [-0.2, -0.15) is 0 Å². The van der Waals surface area contributed by atoms with Gasteiger partial charge in [0.25, 0.3) is 5.19 Å². The Bertz CT molecular complexity index is 729. The molecule has 2 aromatic carbocycles. The van der Waals surface area contributed by atoms with Crippen LogP contribution < -0.4 is 4.74 Å². The second-order valence-corrected chi connectivity index (χ2v) is 5.11. The van der Waals surface area contributed by atoms with Crippen LogP contribution in [0.2, 0.25) is 0 Å². The van der Waals surface area contributed by atoms with Gasteiger partial charge >= 0.3 is 5.97 Å². The van der Waals surface area contributed by atoms with Crippen LogP contribution in [0.25, 0.3) is 16.3 Å². The summed E-state index contributed by atoms with van der Waals surface area (Å²) in [5.41, 5.74) is 1.79. The molecule has 0 spiro atoms. The van der Waals surface area contributed by atoms with E-state index in [0.717, 1.165) is 15.8 Å². The van der Waals surface area contributed by atoms with E-state index in [4.69, 9.17) is 4.74 Å². The third-order valence-electron chi connectivity index (χ3n) is 2.67. The molecule has 4 heteroatoms. The zero-order valence-electron chi connectivity index (χ0n) is 10.5. The standard InChI is InChI=1S/C16H11NO2S/c18-15(11-10-12-6-2-1-3-7-12)19-16-17-13-8-4-5-9-14(13)20-16/h1-11H/b11-10+. The zero-order chi connectivity index (χ0) is 13.8. The number of carbonyl (C=O) groups excluding carboxylic acids is 1. The highest BCUT2D eigenvalue weighted by molar-refractivity contribution is 7.20. The molecule has 0 amide bonds. The molecule has 3 rings (SSSR count). The maximum absolute atomic E-state index is 11.7. The van der Waals surface area contributed by atoms with E-state index in [-0.39, 0.29) is 0 Å². The molecule has 1 aromatic heterocycles. The summed E-state index contributed by atoms with van der Waals surface area (Å²) in [4.78, 5) is 16.0. The monoisotopic (exact) mass is 281 g/mol. The van der Waals surface area contributed by atoms with E-state index in [1.54, 1.807) is 6.08 Å². The van der Waals surface area contributed by atoms with Crippen molar-refractivity contribution in [1.29, 1.82) is 0 Å². The molecule has 3 nitrogen and oxygen atoms in total. The van der Waals surface area contributed by atoms with Crippen molar-refractivity contribution in [3.8, 4) is 5.19 Å². The summed E-state index contributed by atoms with van der Waals surface area (Å²) in [6.07, 6.45) is 3.12. The van der Waals surface area contributed by atoms with Gasteiger partial charge in [0.2, 0.25) is 0 Å². The van der Waals surface area contributed by atoms with Gasteiger partial charge in [-0.05, 0) is 23.8 Å². The number of aromatic nitrogens is 1. The Hall–Kier alpha value is -2.46. The minimum Gasteiger partial charge on any atom is -0.395 e. The Morgan fingerprint density at radius 2 is 1.80 bits per heavy atom. The first-order valence-electron chi connectivity index (χ1n) is 6.12. The average Bonchev–Trinajstić information content (AvgIpc) is 2.88. The van der Waals surface area contributed by atoms with Crippen LogP contribution in [0.3, 0.4) is 0 Å². The van der Waals surface area contributed by atoms with E-state index >= 15 is 0 Å². The summed E-state index contributed by atoms with van der Waals surface area (Å²) in [5.74, 6) is -0.423. The Morgan fingerprint density at radius 1 is 1.05 bits per heavy atom. The summed E-state index contributed by atoms with van der Waals surface area (Å²) in [6, 6.07) is 17.3. The number of esters is 1. The Labute approximate surface area is 120 Å². The van der Waals surface area contributed by atoms with Crippen LogP contribution in [0.4, 0.5) is 0 Å². The summed E-state index contributed by atoms with van der Waals surface area (Å²) in [7, 11) is 0. The lowest BCUT2D eigenvalue weighted by molar-refractivity contribution is -0.128. The molecule has 0 unspecified atom stereocenters.